The lowest BCUT2D eigenvalue weighted by atomic mass is 10.2. The van der Waals surface area contributed by atoms with Gasteiger partial charge in [-0.05, 0) is 31.8 Å². The fraction of sp³-hybridized carbons (Fsp3) is 0.538. The summed E-state index contributed by atoms with van der Waals surface area (Å²) in [4.78, 5) is 6.90. The van der Waals surface area contributed by atoms with E-state index in [2.05, 4.69) is 33.5 Å². The predicted octanol–water partition coefficient (Wildman–Crippen LogP) is 3.78. The molecular formula is C13H20N4S2. The summed E-state index contributed by atoms with van der Waals surface area (Å²) in [7, 11) is 0. The Balaban J connectivity index is 2.36. The summed E-state index contributed by atoms with van der Waals surface area (Å²) in [6.07, 6.45) is 2.37. The van der Waals surface area contributed by atoms with Crippen molar-refractivity contribution in [1.82, 2.24) is 9.36 Å². The minimum atomic E-state index is 0.597. The van der Waals surface area contributed by atoms with Crippen molar-refractivity contribution in [1.29, 1.82) is 0 Å². The van der Waals surface area contributed by atoms with E-state index in [0.29, 0.717) is 5.82 Å². The Bertz CT molecular complexity index is 532. The molecular weight excluding hydrogens is 276 g/mol. The maximum absolute atomic E-state index is 6.04. The van der Waals surface area contributed by atoms with E-state index >= 15 is 0 Å². The number of rotatable bonds is 6. The number of thiazole rings is 1. The van der Waals surface area contributed by atoms with Gasteiger partial charge in [-0.3, -0.25) is 0 Å². The Morgan fingerprint density at radius 1 is 1.37 bits per heavy atom. The number of nitrogen functional groups attached to an aromatic ring is 1. The van der Waals surface area contributed by atoms with Gasteiger partial charge >= 0.3 is 0 Å². The van der Waals surface area contributed by atoms with Crippen LogP contribution in [0.1, 0.15) is 31.7 Å². The van der Waals surface area contributed by atoms with Crippen molar-refractivity contribution in [3.05, 3.63) is 10.4 Å². The molecule has 0 saturated heterocycles. The molecule has 0 aliphatic heterocycles. The molecule has 104 valence electrons. The van der Waals surface area contributed by atoms with E-state index in [1.54, 1.807) is 11.3 Å². The molecule has 0 spiro atoms. The molecule has 0 saturated carbocycles. The first-order valence-corrected chi connectivity index (χ1v) is 8.25. The topological polar surface area (TPSA) is 55.0 Å². The Kier molecular flexibility index (Phi) is 4.76. The van der Waals surface area contributed by atoms with Gasteiger partial charge in [0, 0.05) is 18.5 Å². The van der Waals surface area contributed by atoms with Crippen molar-refractivity contribution in [3.63, 3.8) is 0 Å². The van der Waals surface area contributed by atoms with Gasteiger partial charge in [-0.25, -0.2) is 4.98 Å². The number of nitrogens with two attached hydrogens (primary N) is 1. The van der Waals surface area contributed by atoms with Crippen molar-refractivity contribution in [2.24, 2.45) is 0 Å². The summed E-state index contributed by atoms with van der Waals surface area (Å²) in [6.45, 7) is 8.40. The molecule has 2 aromatic heterocycles. The summed E-state index contributed by atoms with van der Waals surface area (Å²) >= 11 is 3.13. The van der Waals surface area contributed by atoms with Gasteiger partial charge in [-0.2, -0.15) is 4.37 Å². The molecule has 19 heavy (non-hydrogen) atoms. The third-order valence-corrected chi connectivity index (χ3v) is 4.72. The molecule has 4 nitrogen and oxygen atoms in total. The fourth-order valence-electron chi connectivity index (χ4n) is 1.98. The van der Waals surface area contributed by atoms with E-state index in [-0.39, 0.29) is 0 Å². The highest BCUT2D eigenvalue weighted by Crippen LogP contribution is 2.39. The van der Waals surface area contributed by atoms with E-state index in [4.69, 9.17) is 5.73 Å². The second-order valence-corrected chi connectivity index (χ2v) is 6.25. The minimum Gasteiger partial charge on any atom is -0.382 e. The average Bonchev–Trinajstić information content (AvgIpc) is 2.97. The van der Waals surface area contributed by atoms with Gasteiger partial charge in [0.2, 0.25) is 0 Å². The van der Waals surface area contributed by atoms with Gasteiger partial charge in [0.15, 0.2) is 0 Å². The number of nitrogens with zero attached hydrogens (tertiary/aromatic N) is 3. The van der Waals surface area contributed by atoms with Gasteiger partial charge in [0.25, 0.3) is 0 Å². The molecule has 2 N–H and O–H groups in total. The number of hydrogen-bond donors (Lipinski definition) is 1. The van der Waals surface area contributed by atoms with Gasteiger partial charge in [0.05, 0.1) is 16.3 Å². The summed E-state index contributed by atoms with van der Waals surface area (Å²) in [5.74, 6) is 0.597. The molecule has 0 aromatic carbocycles. The van der Waals surface area contributed by atoms with Crippen LogP contribution in [0.2, 0.25) is 0 Å². The smallest absolute Gasteiger partial charge is 0.148 e. The van der Waals surface area contributed by atoms with Gasteiger partial charge in [-0.1, -0.05) is 13.3 Å². The lowest BCUT2D eigenvalue weighted by Crippen LogP contribution is -2.23. The third-order valence-electron chi connectivity index (χ3n) is 3.03. The molecule has 0 fully saturated rings. The van der Waals surface area contributed by atoms with Gasteiger partial charge < -0.3 is 10.6 Å². The van der Waals surface area contributed by atoms with Crippen LogP contribution in [0.25, 0.3) is 11.3 Å². The van der Waals surface area contributed by atoms with E-state index < -0.39 is 0 Å². The van der Waals surface area contributed by atoms with E-state index in [9.17, 15) is 0 Å². The zero-order valence-corrected chi connectivity index (χ0v) is 13.3. The van der Waals surface area contributed by atoms with Crippen LogP contribution >= 0.6 is 22.9 Å². The highest BCUT2D eigenvalue weighted by molar-refractivity contribution is 7.11. The molecule has 2 heterocycles. The van der Waals surface area contributed by atoms with Crippen molar-refractivity contribution >= 4 is 33.7 Å². The van der Waals surface area contributed by atoms with Crippen LogP contribution in [-0.2, 0) is 0 Å². The largest absolute Gasteiger partial charge is 0.382 e. The number of unbranched alkanes of at least 4 members (excludes halogenated alkanes) is 1. The predicted molar refractivity (Wildman–Crippen MR) is 85.2 cm³/mol. The quantitative estimate of drug-likeness (QED) is 0.881. The summed E-state index contributed by atoms with van der Waals surface area (Å²) in [6, 6.07) is 0. The molecule has 0 bridgehead atoms. The molecule has 0 radical (unpaired) electrons. The first kappa shape index (κ1) is 14.3. The molecule has 2 rings (SSSR count). The summed E-state index contributed by atoms with van der Waals surface area (Å²) < 4.78 is 4.32. The SMILES string of the molecule is CCCCN(CC)c1snc(N)c1-c1csc(C)n1. The Labute approximate surface area is 122 Å². The second kappa shape index (κ2) is 6.34. The van der Waals surface area contributed by atoms with E-state index in [1.165, 1.54) is 24.4 Å². The van der Waals surface area contributed by atoms with Crippen molar-refractivity contribution in [2.75, 3.05) is 23.7 Å². The van der Waals surface area contributed by atoms with Crippen LogP contribution in [0.5, 0.6) is 0 Å². The lowest BCUT2D eigenvalue weighted by molar-refractivity contribution is 0.737. The normalized spacial score (nSPS) is 10.9. The van der Waals surface area contributed by atoms with Crippen LogP contribution in [0.15, 0.2) is 5.38 Å². The summed E-state index contributed by atoms with van der Waals surface area (Å²) in [5.41, 5.74) is 8.00. The van der Waals surface area contributed by atoms with Crippen molar-refractivity contribution in [2.45, 2.75) is 33.6 Å². The number of aryl methyl sites for hydroxylation is 1. The summed E-state index contributed by atoms with van der Waals surface area (Å²) in [5, 5.41) is 4.27. The average molecular weight is 296 g/mol. The molecule has 0 unspecified atom stereocenters. The number of hydrogen-bond acceptors (Lipinski definition) is 6. The monoisotopic (exact) mass is 296 g/mol. The van der Waals surface area contributed by atoms with Crippen LogP contribution in [0.4, 0.5) is 10.8 Å². The zero-order valence-electron chi connectivity index (χ0n) is 11.6. The van der Waals surface area contributed by atoms with E-state index in [0.717, 1.165) is 34.4 Å². The molecule has 0 aliphatic rings. The molecule has 0 atom stereocenters. The zero-order chi connectivity index (χ0) is 13.8. The Morgan fingerprint density at radius 3 is 2.74 bits per heavy atom. The Hall–Kier alpha value is -1.14. The lowest BCUT2D eigenvalue weighted by Gasteiger charge is -2.21. The maximum atomic E-state index is 6.04. The number of anilines is 2. The van der Waals surface area contributed by atoms with Gasteiger partial charge in [-0.15, -0.1) is 11.3 Å². The molecule has 0 aliphatic carbocycles. The molecule has 6 heteroatoms. The fourth-order valence-corrected chi connectivity index (χ4v) is 3.50. The first-order valence-electron chi connectivity index (χ1n) is 6.59. The second-order valence-electron chi connectivity index (χ2n) is 4.43. The molecule has 2 aromatic rings. The van der Waals surface area contributed by atoms with Crippen molar-refractivity contribution in [3.8, 4) is 11.3 Å². The van der Waals surface area contributed by atoms with Gasteiger partial charge in [0.1, 0.15) is 10.8 Å². The third kappa shape index (κ3) is 3.06. The van der Waals surface area contributed by atoms with E-state index in [1.807, 2.05) is 6.92 Å². The minimum absolute atomic E-state index is 0.597. The number of aromatic nitrogens is 2. The van der Waals surface area contributed by atoms with Crippen LogP contribution < -0.4 is 10.6 Å². The highest BCUT2D eigenvalue weighted by atomic mass is 32.1. The highest BCUT2D eigenvalue weighted by Gasteiger charge is 2.19. The van der Waals surface area contributed by atoms with Crippen molar-refractivity contribution < 1.29 is 0 Å². The molecule has 0 amide bonds. The standard InChI is InChI=1S/C13H20N4S2/c1-4-6-7-17(5-2)13-11(12(14)16-19-13)10-8-18-9(3)15-10/h8H,4-7H2,1-3H3,(H2,14,16). The van der Waals surface area contributed by atoms with Crippen LogP contribution in [-0.4, -0.2) is 22.4 Å². The van der Waals surface area contributed by atoms with Crippen LogP contribution in [0, 0.1) is 6.92 Å². The maximum Gasteiger partial charge on any atom is 0.148 e. The Morgan fingerprint density at radius 2 is 2.16 bits per heavy atom. The van der Waals surface area contributed by atoms with Crippen LogP contribution in [0.3, 0.4) is 0 Å². The first-order chi connectivity index (χ1) is 9.17.